The van der Waals surface area contributed by atoms with Crippen LogP contribution in [0.3, 0.4) is 0 Å². The lowest BCUT2D eigenvalue weighted by atomic mass is 9.90. The molecule has 0 fully saturated rings. The van der Waals surface area contributed by atoms with Gasteiger partial charge in [0.05, 0.1) is 6.61 Å². The van der Waals surface area contributed by atoms with Crippen LogP contribution < -0.4 is 9.47 Å². The lowest BCUT2D eigenvalue weighted by Gasteiger charge is -2.18. The fourth-order valence-corrected chi connectivity index (χ4v) is 2.46. The topological polar surface area (TPSA) is 55.8 Å². The minimum Gasteiger partial charge on any atom is -0.492 e. The van der Waals surface area contributed by atoms with Crippen LogP contribution >= 0.6 is 0 Å². The molecule has 1 N–H and O–H groups in total. The molecule has 1 heterocycles. The van der Waals surface area contributed by atoms with E-state index < -0.39 is 12.3 Å². The van der Waals surface area contributed by atoms with Crippen molar-refractivity contribution in [2.75, 3.05) is 6.61 Å². The summed E-state index contributed by atoms with van der Waals surface area (Å²) in [7, 11) is 0. The molecule has 1 aliphatic rings. The number of benzene rings is 1. The predicted molar refractivity (Wildman–Crippen MR) is 90.9 cm³/mol. The molecule has 1 aromatic rings. The highest BCUT2D eigenvalue weighted by Gasteiger charge is 2.32. The molecule has 26 heavy (non-hydrogen) atoms. The third-order valence-corrected chi connectivity index (χ3v) is 3.52. The number of rotatable bonds is 4. The van der Waals surface area contributed by atoms with E-state index in [-0.39, 0.29) is 11.2 Å². The number of hydrogen-bond donors (Lipinski definition) is 1. The van der Waals surface area contributed by atoms with Crippen molar-refractivity contribution in [1.29, 1.82) is 0 Å². The molecule has 7 heteroatoms. The van der Waals surface area contributed by atoms with Crippen molar-refractivity contribution < 1.29 is 32.5 Å². The van der Waals surface area contributed by atoms with Crippen molar-refractivity contribution in [3.05, 3.63) is 53.6 Å². The summed E-state index contributed by atoms with van der Waals surface area (Å²) in [5.74, 6) is -0.996. The summed E-state index contributed by atoms with van der Waals surface area (Å²) in [5, 5.41) is 8.78. The Kier molecular flexibility index (Phi) is 5.49. The molecule has 0 saturated carbocycles. The second-order valence-corrected chi connectivity index (χ2v) is 6.64. The molecule has 0 bridgehead atoms. The van der Waals surface area contributed by atoms with Crippen molar-refractivity contribution in [3.8, 4) is 11.5 Å². The Morgan fingerprint density at radius 2 is 2.04 bits per heavy atom. The number of carboxylic acids is 1. The second kappa shape index (κ2) is 7.27. The number of ether oxygens (including phenoxy) is 2. The van der Waals surface area contributed by atoms with E-state index in [1.807, 2.05) is 19.9 Å². The van der Waals surface area contributed by atoms with Gasteiger partial charge in [-0.25, -0.2) is 4.79 Å². The largest absolute Gasteiger partial charge is 0.573 e. The monoisotopic (exact) mass is 368 g/mol. The lowest BCUT2D eigenvalue weighted by molar-refractivity contribution is -0.274. The van der Waals surface area contributed by atoms with E-state index in [1.165, 1.54) is 18.2 Å². The standard InChI is InChI=1S/C19H19F3O4/c1-12(8-17(23)24)4-5-13-10-18(2,3)11-25-16-7-6-14(9-15(13)16)26-19(20,21)22/h4-10H,11H2,1-3H3,(H,23,24). The summed E-state index contributed by atoms with van der Waals surface area (Å²) in [6, 6.07) is 3.89. The fraction of sp³-hybridized carbons (Fsp3) is 0.316. The first-order valence-electron chi connectivity index (χ1n) is 7.80. The molecule has 1 aliphatic heterocycles. The highest BCUT2D eigenvalue weighted by Crippen LogP contribution is 2.38. The van der Waals surface area contributed by atoms with Gasteiger partial charge in [0.25, 0.3) is 0 Å². The van der Waals surface area contributed by atoms with E-state index in [4.69, 9.17) is 9.84 Å². The highest BCUT2D eigenvalue weighted by molar-refractivity contribution is 5.83. The zero-order chi connectivity index (χ0) is 19.5. The molecule has 1 aromatic carbocycles. The molecule has 2 rings (SSSR count). The van der Waals surface area contributed by atoms with Crippen LogP contribution in [0.25, 0.3) is 5.57 Å². The van der Waals surface area contributed by atoms with E-state index in [9.17, 15) is 18.0 Å². The Morgan fingerprint density at radius 1 is 1.35 bits per heavy atom. The van der Waals surface area contributed by atoms with Gasteiger partial charge in [0.2, 0.25) is 0 Å². The molecule has 0 spiro atoms. The average Bonchev–Trinajstić information content (AvgIpc) is 2.59. The Morgan fingerprint density at radius 3 is 2.65 bits per heavy atom. The average molecular weight is 368 g/mol. The zero-order valence-electron chi connectivity index (χ0n) is 14.6. The third-order valence-electron chi connectivity index (χ3n) is 3.52. The van der Waals surface area contributed by atoms with Crippen LogP contribution in [0, 0.1) is 5.41 Å². The number of hydrogen-bond acceptors (Lipinski definition) is 3. The van der Waals surface area contributed by atoms with Crippen molar-refractivity contribution >= 4 is 11.5 Å². The molecular weight excluding hydrogens is 349 g/mol. The minimum absolute atomic E-state index is 0.348. The van der Waals surface area contributed by atoms with Gasteiger partial charge in [-0.1, -0.05) is 32.1 Å². The van der Waals surface area contributed by atoms with Gasteiger partial charge in [-0.2, -0.15) is 0 Å². The summed E-state index contributed by atoms with van der Waals surface area (Å²) in [6.45, 7) is 5.83. The summed E-state index contributed by atoms with van der Waals surface area (Å²) in [4.78, 5) is 10.7. The summed E-state index contributed by atoms with van der Waals surface area (Å²) in [5.41, 5.74) is 1.18. The molecule has 0 saturated heterocycles. The molecule has 0 radical (unpaired) electrons. The van der Waals surface area contributed by atoms with Crippen molar-refractivity contribution in [2.45, 2.75) is 27.1 Å². The molecular formula is C19H19F3O4. The van der Waals surface area contributed by atoms with Gasteiger partial charge in [-0.05, 0) is 36.3 Å². The summed E-state index contributed by atoms with van der Waals surface area (Å²) < 4.78 is 47.2. The predicted octanol–water partition coefficient (Wildman–Crippen LogP) is 4.97. The van der Waals surface area contributed by atoms with Crippen molar-refractivity contribution in [1.82, 2.24) is 0 Å². The third kappa shape index (κ3) is 5.68. The van der Waals surface area contributed by atoms with Crippen LogP contribution in [-0.4, -0.2) is 24.0 Å². The SMILES string of the molecule is CC(C=CC1=CC(C)(C)COc2ccc(OC(F)(F)F)cc21)=CC(=O)O. The molecule has 0 atom stereocenters. The maximum atomic E-state index is 12.5. The number of halogens is 3. The number of alkyl halides is 3. The highest BCUT2D eigenvalue weighted by atomic mass is 19.4. The van der Waals surface area contributed by atoms with E-state index in [1.54, 1.807) is 19.1 Å². The van der Waals surface area contributed by atoms with Gasteiger partial charge in [0.1, 0.15) is 11.5 Å². The maximum Gasteiger partial charge on any atom is 0.573 e. The smallest absolute Gasteiger partial charge is 0.492 e. The minimum atomic E-state index is -4.79. The van der Waals surface area contributed by atoms with E-state index in [0.717, 1.165) is 6.08 Å². The number of allylic oxidation sites excluding steroid dienone is 4. The summed E-state index contributed by atoms with van der Waals surface area (Å²) in [6.07, 6.45) is 1.36. The number of fused-ring (bicyclic) bond motifs is 1. The molecule has 140 valence electrons. The van der Waals surface area contributed by atoms with Gasteiger partial charge in [-0.15, -0.1) is 13.2 Å². The Bertz CT molecular complexity index is 786. The van der Waals surface area contributed by atoms with Crippen LogP contribution in [-0.2, 0) is 4.79 Å². The van der Waals surface area contributed by atoms with Gasteiger partial charge in [0, 0.05) is 17.1 Å². The maximum absolute atomic E-state index is 12.5. The number of carboxylic acid groups (broad SMARTS) is 1. The van der Waals surface area contributed by atoms with Crippen LogP contribution in [0.5, 0.6) is 11.5 Å². The first kappa shape index (κ1) is 19.6. The number of aliphatic carboxylic acids is 1. The van der Waals surface area contributed by atoms with Crippen LogP contribution in [0.15, 0.2) is 48.1 Å². The summed E-state index contributed by atoms with van der Waals surface area (Å²) >= 11 is 0. The van der Waals surface area contributed by atoms with Gasteiger partial charge < -0.3 is 14.6 Å². The van der Waals surface area contributed by atoms with Crippen LogP contribution in [0.4, 0.5) is 13.2 Å². The molecule has 0 unspecified atom stereocenters. The van der Waals surface area contributed by atoms with Gasteiger partial charge in [-0.3, -0.25) is 0 Å². The zero-order valence-corrected chi connectivity index (χ0v) is 14.6. The molecule has 0 amide bonds. The fourth-order valence-electron chi connectivity index (χ4n) is 2.46. The molecule has 0 aliphatic carbocycles. The quantitative estimate of drug-likeness (QED) is 0.602. The van der Waals surface area contributed by atoms with E-state index in [0.29, 0.717) is 29.1 Å². The van der Waals surface area contributed by atoms with E-state index >= 15 is 0 Å². The molecule has 4 nitrogen and oxygen atoms in total. The Balaban J connectivity index is 2.48. The molecule has 0 aromatic heterocycles. The number of carbonyl (C=O) groups is 1. The van der Waals surface area contributed by atoms with Crippen molar-refractivity contribution in [2.24, 2.45) is 5.41 Å². The van der Waals surface area contributed by atoms with E-state index in [2.05, 4.69) is 4.74 Å². The van der Waals surface area contributed by atoms with Gasteiger partial charge in [0.15, 0.2) is 0 Å². The lowest BCUT2D eigenvalue weighted by Crippen LogP contribution is -2.17. The first-order valence-corrected chi connectivity index (χ1v) is 7.80. The van der Waals surface area contributed by atoms with Gasteiger partial charge >= 0.3 is 12.3 Å². The Hall–Kier alpha value is -2.70. The first-order chi connectivity index (χ1) is 12.0. The van der Waals surface area contributed by atoms with Crippen LogP contribution in [0.2, 0.25) is 0 Å². The normalized spacial score (nSPS) is 17.2. The van der Waals surface area contributed by atoms with Crippen LogP contribution in [0.1, 0.15) is 26.3 Å². The Labute approximate surface area is 149 Å². The van der Waals surface area contributed by atoms with Crippen molar-refractivity contribution in [3.63, 3.8) is 0 Å². The second-order valence-electron chi connectivity index (χ2n) is 6.64.